The molecule has 0 aromatic heterocycles. The van der Waals surface area contributed by atoms with Crippen molar-refractivity contribution >= 4 is 15.9 Å². The van der Waals surface area contributed by atoms with Gasteiger partial charge in [-0.1, -0.05) is 18.9 Å². The highest BCUT2D eigenvalue weighted by atomic mass is 79.9. The van der Waals surface area contributed by atoms with Crippen molar-refractivity contribution in [3.05, 3.63) is 34.1 Å². The van der Waals surface area contributed by atoms with Gasteiger partial charge in [0.25, 0.3) is 0 Å². The fourth-order valence-electron chi connectivity index (χ4n) is 2.46. The lowest BCUT2D eigenvalue weighted by Gasteiger charge is -2.17. The molecule has 0 saturated heterocycles. The highest BCUT2D eigenvalue weighted by Gasteiger charge is 2.16. The van der Waals surface area contributed by atoms with Crippen LogP contribution < -0.4 is 5.32 Å². The van der Waals surface area contributed by atoms with Crippen LogP contribution in [0.15, 0.2) is 22.7 Å². The first-order chi connectivity index (χ1) is 8.16. The molecule has 94 valence electrons. The number of hydrogen-bond acceptors (Lipinski definition) is 1. The molecule has 1 aliphatic carbocycles. The number of hydrogen-bond donors (Lipinski definition) is 1. The third kappa shape index (κ3) is 3.52. The van der Waals surface area contributed by atoms with Gasteiger partial charge in [-0.05, 0) is 65.9 Å². The first-order valence-electron chi connectivity index (χ1n) is 6.35. The number of halogens is 2. The Balaban J connectivity index is 1.89. The zero-order chi connectivity index (χ0) is 12.3. The molecular weight excluding hydrogens is 281 g/mol. The third-order valence-electron chi connectivity index (χ3n) is 3.63. The third-order valence-corrected chi connectivity index (χ3v) is 4.24. The maximum absolute atomic E-state index is 13.1. The number of rotatable bonds is 4. The van der Waals surface area contributed by atoms with Crippen LogP contribution in [0.5, 0.6) is 0 Å². The Morgan fingerprint density at radius 2 is 2.12 bits per heavy atom. The summed E-state index contributed by atoms with van der Waals surface area (Å²) in [6.07, 6.45) is 5.46. The molecule has 0 aliphatic heterocycles. The highest BCUT2D eigenvalue weighted by Crippen LogP contribution is 2.25. The molecule has 1 atom stereocenters. The molecule has 0 radical (unpaired) electrons. The minimum absolute atomic E-state index is 0.197. The van der Waals surface area contributed by atoms with E-state index in [1.54, 1.807) is 0 Å². The molecule has 1 unspecified atom stereocenters. The molecule has 0 bridgehead atoms. The maximum atomic E-state index is 13.1. The molecule has 2 rings (SSSR count). The van der Waals surface area contributed by atoms with Crippen LogP contribution in [0.2, 0.25) is 0 Å². The van der Waals surface area contributed by atoms with E-state index in [2.05, 4.69) is 28.2 Å². The summed E-state index contributed by atoms with van der Waals surface area (Å²) in [6.45, 7) is 3.21. The fraction of sp³-hybridized carbons (Fsp3) is 0.571. The minimum Gasteiger partial charge on any atom is -0.310 e. The minimum atomic E-state index is -0.197. The van der Waals surface area contributed by atoms with Gasteiger partial charge in [0.1, 0.15) is 5.82 Å². The van der Waals surface area contributed by atoms with Crippen LogP contribution in [0.3, 0.4) is 0 Å². The van der Waals surface area contributed by atoms with Gasteiger partial charge in [0.05, 0.1) is 4.47 Å². The summed E-state index contributed by atoms with van der Waals surface area (Å²) in [4.78, 5) is 0. The Hall–Kier alpha value is -0.410. The molecule has 0 spiro atoms. The summed E-state index contributed by atoms with van der Waals surface area (Å²) in [5.41, 5.74) is 1.14. The molecule has 0 heterocycles. The summed E-state index contributed by atoms with van der Waals surface area (Å²) < 4.78 is 13.7. The van der Waals surface area contributed by atoms with E-state index in [1.807, 2.05) is 12.1 Å². The lowest BCUT2D eigenvalue weighted by molar-refractivity contribution is 0.452. The lowest BCUT2D eigenvalue weighted by atomic mass is 10.1. The van der Waals surface area contributed by atoms with Crippen molar-refractivity contribution < 1.29 is 4.39 Å². The molecule has 1 N–H and O–H groups in total. The summed E-state index contributed by atoms with van der Waals surface area (Å²) >= 11 is 3.23. The molecule has 1 aromatic rings. The first kappa shape index (κ1) is 13.0. The molecule has 1 fully saturated rings. The fourth-order valence-corrected chi connectivity index (χ4v) is 2.85. The normalized spacial score (nSPS) is 18.5. The Morgan fingerprint density at radius 1 is 1.41 bits per heavy atom. The van der Waals surface area contributed by atoms with Crippen molar-refractivity contribution in [2.45, 2.75) is 38.6 Å². The van der Waals surface area contributed by atoms with Crippen molar-refractivity contribution in [3.8, 4) is 0 Å². The van der Waals surface area contributed by atoms with Gasteiger partial charge in [0, 0.05) is 6.04 Å². The van der Waals surface area contributed by atoms with Crippen molar-refractivity contribution in [1.29, 1.82) is 0 Å². The second kappa shape index (κ2) is 5.96. The van der Waals surface area contributed by atoms with Crippen LogP contribution >= 0.6 is 15.9 Å². The quantitative estimate of drug-likeness (QED) is 0.867. The van der Waals surface area contributed by atoms with Gasteiger partial charge >= 0.3 is 0 Å². The largest absolute Gasteiger partial charge is 0.310 e. The summed E-state index contributed by atoms with van der Waals surface area (Å²) in [5, 5.41) is 3.54. The van der Waals surface area contributed by atoms with E-state index < -0.39 is 0 Å². The molecular formula is C14H19BrFN. The monoisotopic (exact) mass is 299 g/mol. The Bertz CT molecular complexity index is 374. The maximum Gasteiger partial charge on any atom is 0.137 e. The molecule has 0 amide bonds. The average Bonchev–Trinajstić information content (AvgIpc) is 2.82. The van der Waals surface area contributed by atoms with Crippen molar-refractivity contribution in [1.82, 2.24) is 5.32 Å². The summed E-state index contributed by atoms with van der Waals surface area (Å²) in [7, 11) is 0. The first-order valence-corrected chi connectivity index (χ1v) is 7.14. The molecule has 1 saturated carbocycles. The predicted molar refractivity (Wildman–Crippen MR) is 72.5 cm³/mol. The second-order valence-corrected chi connectivity index (χ2v) is 5.81. The summed E-state index contributed by atoms with van der Waals surface area (Å²) in [6, 6.07) is 5.52. The zero-order valence-corrected chi connectivity index (χ0v) is 11.8. The standard InChI is InChI=1S/C14H19BrFN/c1-10(17-9-11-4-2-3-5-11)12-6-7-14(16)13(15)8-12/h6-8,10-11,17H,2-5,9H2,1H3. The lowest BCUT2D eigenvalue weighted by Crippen LogP contribution is -2.24. The molecule has 17 heavy (non-hydrogen) atoms. The van der Waals surface area contributed by atoms with Crippen LogP contribution in [0, 0.1) is 11.7 Å². The van der Waals surface area contributed by atoms with Gasteiger partial charge in [0.15, 0.2) is 0 Å². The Morgan fingerprint density at radius 3 is 2.76 bits per heavy atom. The van der Waals surface area contributed by atoms with E-state index in [1.165, 1.54) is 31.7 Å². The smallest absolute Gasteiger partial charge is 0.137 e. The van der Waals surface area contributed by atoms with Crippen LogP contribution in [0.1, 0.15) is 44.2 Å². The van der Waals surface area contributed by atoms with E-state index in [0.717, 1.165) is 18.0 Å². The molecule has 1 aliphatic rings. The van der Waals surface area contributed by atoms with Gasteiger partial charge in [0.2, 0.25) is 0 Å². The van der Waals surface area contributed by atoms with Crippen LogP contribution in [-0.4, -0.2) is 6.54 Å². The van der Waals surface area contributed by atoms with Crippen LogP contribution in [-0.2, 0) is 0 Å². The van der Waals surface area contributed by atoms with Gasteiger partial charge in [-0.25, -0.2) is 4.39 Å². The van der Waals surface area contributed by atoms with E-state index in [4.69, 9.17) is 0 Å². The second-order valence-electron chi connectivity index (χ2n) is 4.95. The van der Waals surface area contributed by atoms with Crippen molar-refractivity contribution in [3.63, 3.8) is 0 Å². The Labute approximate surface area is 111 Å². The van der Waals surface area contributed by atoms with E-state index in [0.29, 0.717) is 4.47 Å². The molecule has 1 nitrogen and oxygen atoms in total. The van der Waals surface area contributed by atoms with Gasteiger partial charge in [-0.15, -0.1) is 0 Å². The van der Waals surface area contributed by atoms with Crippen LogP contribution in [0.4, 0.5) is 4.39 Å². The Kier molecular flexibility index (Phi) is 4.57. The topological polar surface area (TPSA) is 12.0 Å². The number of nitrogens with one attached hydrogen (secondary N) is 1. The van der Waals surface area contributed by atoms with E-state index in [9.17, 15) is 4.39 Å². The predicted octanol–water partition coefficient (Wildman–Crippen LogP) is 4.43. The molecule has 3 heteroatoms. The van der Waals surface area contributed by atoms with E-state index >= 15 is 0 Å². The van der Waals surface area contributed by atoms with Gasteiger partial charge in [-0.3, -0.25) is 0 Å². The molecule has 1 aromatic carbocycles. The van der Waals surface area contributed by atoms with Crippen molar-refractivity contribution in [2.24, 2.45) is 5.92 Å². The summed E-state index contributed by atoms with van der Waals surface area (Å²) in [5.74, 6) is 0.637. The highest BCUT2D eigenvalue weighted by molar-refractivity contribution is 9.10. The van der Waals surface area contributed by atoms with Crippen molar-refractivity contribution in [2.75, 3.05) is 6.54 Å². The average molecular weight is 300 g/mol. The zero-order valence-electron chi connectivity index (χ0n) is 10.2. The van der Waals surface area contributed by atoms with Crippen LogP contribution in [0.25, 0.3) is 0 Å². The SMILES string of the molecule is CC(NCC1CCCC1)c1ccc(F)c(Br)c1. The van der Waals surface area contributed by atoms with Gasteiger partial charge < -0.3 is 5.32 Å². The van der Waals surface area contributed by atoms with Gasteiger partial charge in [-0.2, -0.15) is 0 Å². The number of benzene rings is 1. The van der Waals surface area contributed by atoms with E-state index in [-0.39, 0.29) is 11.9 Å².